The number of nitrogens with one attached hydrogen (secondary N) is 1. The lowest BCUT2D eigenvalue weighted by Crippen LogP contribution is -2.45. The van der Waals surface area contributed by atoms with Crippen molar-refractivity contribution in [3.63, 3.8) is 0 Å². The Morgan fingerprint density at radius 2 is 1.14 bits per heavy atom. The number of carbonyl (C=O) groups excluding carboxylic acids is 3. The fraction of sp³-hybridized carbons (Fsp3) is 0.311. The van der Waals surface area contributed by atoms with E-state index >= 15 is 0 Å². The third-order valence-corrected chi connectivity index (χ3v) is 9.22. The van der Waals surface area contributed by atoms with Gasteiger partial charge in [-0.1, -0.05) is 60.7 Å². The number of ether oxygens (including phenoxy) is 3. The van der Waals surface area contributed by atoms with Crippen LogP contribution in [0.4, 0.5) is 4.79 Å². The maximum absolute atomic E-state index is 13.3. The summed E-state index contributed by atoms with van der Waals surface area (Å²) in [6.45, 7) is 5.35. The van der Waals surface area contributed by atoms with Crippen molar-refractivity contribution in [3.8, 4) is 34.3 Å². The van der Waals surface area contributed by atoms with Crippen molar-refractivity contribution in [1.82, 2.24) is 34.8 Å². The summed E-state index contributed by atoms with van der Waals surface area (Å²) in [5, 5.41) is 11.8. The first-order valence-corrected chi connectivity index (χ1v) is 19.2. The van der Waals surface area contributed by atoms with Gasteiger partial charge in [0.1, 0.15) is 5.60 Å². The van der Waals surface area contributed by atoms with Gasteiger partial charge in [-0.15, -0.1) is 0 Å². The fourth-order valence-corrected chi connectivity index (χ4v) is 6.12. The van der Waals surface area contributed by atoms with Crippen molar-refractivity contribution in [3.05, 3.63) is 132 Å². The molecule has 1 amide bonds. The molecular formula is C45H52N8O6. The number of hydrogen-bond donors (Lipinski definition) is 2. The molecule has 0 unspecified atom stereocenters. The maximum atomic E-state index is 13.3. The predicted molar refractivity (Wildman–Crippen MR) is 225 cm³/mol. The van der Waals surface area contributed by atoms with Crippen LogP contribution in [-0.2, 0) is 54.1 Å². The summed E-state index contributed by atoms with van der Waals surface area (Å²) < 4.78 is 19.1. The van der Waals surface area contributed by atoms with Crippen LogP contribution in [-0.4, -0.2) is 79.1 Å². The summed E-state index contributed by atoms with van der Waals surface area (Å²) in [6, 6.07) is 29.2. The van der Waals surface area contributed by atoms with Crippen molar-refractivity contribution < 1.29 is 28.6 Å². The van der Waals surface area contributed by atoms with E-state index < -0.39 is 23.8 Å². The summed E-state index contributed by atoms with van der Waals surface area (Å²) in [7, 11) is 6.74. The number of amides is 1. The fourth-order valence-electron chi connectivity index (χ4n) is 6.12. The summed E-state index contributed by atoms with van der Waals surface area (Å²) in [5.74, 6) is 0.873. The highest BCUT2D eigenvalue weighted by atomic mass is 16.6. The van der Waals surface area contributed by atoms with Gasteiger partial charge >= 0.3 is 6.09 Å². The number of aromatic nitrogens is 6. The van der Waals surface area contributed by atoms with E-state index in [4.69, 9.17) is 19.9 Å². The minimum absolute atomic E-state index is 0.00397. The molecule has 0 saturated carbocycles. The van der Waals surface area contributed by atoms with Crippen molar-refractivity contribution in [2.75, 3.05) is 14.2 Å². The number of aryl methyl sites for hydroxylation is 2. The van der Waals surface area contributed by atoms with Crippen LogP contribution in [0.15, 0.2) is 109 Å². The monoisotopic (exact) mass is 800 g/mol. The van der Waals surface area contributed by atoms with Gasteiger partial charge < -0.3 is 25.3 Å². The third kappa shape index (κ3) is 12.9. The normalized spacial score (nSPS) is 12.1. The zero-order chi connectivity index (χ0) is 42.5. The molecule has 0 spiro atoms. The van der Waals surface area contributed by atoms with Crippen molar-refractivity contribution in [1.29, 1.82) is 0 Å². The van der Waals surface area contributed by atoms with E-state index in [1.54, 1.807) is 69.9 Å². The quantitative estimate of drug-likeness (QED) is 0.126. The van der Waals surface area contributed by atoms with Gasteiger partial charge in [0.15, 0.2) is 11.6 Å². The number of Topliss-reactive ketones (excluding diaryl/α,β-unsaturated/α-hetero) is 2. The number of pyridine rings is 2. The van der Waals surface area contributed by atoms with Crippen molar-refractivity contribution in [2.45, 2.75) is 64.1 Å². The van der Waals surface area contributed by atoms with Crippen molar-refractivity contribution >= 4 is 17.7 Å². The highest BCUT2D eigenvalue weighted by Gasteiger charge is 2.26. The summed E-state index contributed by atoms with van der Waals surface area (Å²) in [4.78, 5) is 46.4. The van der Waals surface area contributed by atoms with Gasteiger partial charge in [-0.25, -0.2) is 14.8 Å². The Morgan fingerprint density at radius 3 is 1.59 bits per heavy atom. The summed E-state index contributed by atoms with van der Waals surface area (Å²) in [6.07, 6.45) is 3.96. The number of methoxy groups -OCH3 is 2. The number of carbonyl (C=O) groups is 3. The zero-order valence-electron chi connectivity index (χ0n) is 34.6. The molecular weight excluding hydrogens is 749 g/mol. The Morgan fingerprint density at radius 1 is 0.678 bits per heavy atom. The Balaban J connectivity index is 0.000000230. The SMILES string of the molecule is COc1cc(-c2cc(CC(=O)[C@@H](N)Cc3ccccc3)n(C)n2)ccn1.COc1cc(-c2cc(CC(=O)[C@H](Cc3ccccc3)NC(=O)OC(C)(C)C)n(C)n2)ccn1. The number of nitrogens with two attached hydrogens (primary N) is 1. The molecule has 0 radical (unpaired) electrons. The molecule has 0 fully saturated rings. The second-order valence-electron chi connectivity index (χ2n) is 14.9. The molecule has 59 heavy (non-hydrogen) atoms. The van der Waals surface area contributed by atoms with Gasteiger partial charge in [-0.3, -0.25) is 19.0 Å². The molecule has 3 N–H and O–H groups in total. The molecule has 308 valence electrons. The number of ketones is 2. The highest BCUT2D eigenvalue weighted by molar-refractivity contribution is 5.89. The number of rotatable bonds is 15. The number of nitrogens with zero attached hydrogens (tertiary/aromatic N) is 6. The predicted octanol–water partition coefficient (Wildman–Crippen LogP) is 5.91. The Labute approximate surface area is 344 Å². The first kappa shape index (κ1) is 43.5. The van der Waals surface area contributed by atoms with Gasteiger partial charge in [-0.05, 0) is 69.0 Å². The lowest BCUT2D eigenvalue weighted by Gasteiger charge is -2.23. The molecule has 4 aromatic heterocycles. The Bertz CT molecular complexity index is 2320. The molecule has 4 heterocycles. The van der Waals surface area contributed by atoms with Crippen LogP contribution >= 0.6 is 0 Å². The standard InChI is InChI=1S/C25H30N4O4.C20H22N4O2/c1-25(2,3)33-24(31)27-21(13-17-9-7-6-8-10-17)22(30)16-19-15-20(28-29(19)4)18-11-12-26-23(14-18)32-5;1-24-16(12-18(23-24)15-8-9-22-20(11-15)26-2)13-19(25)17(21)10-14-6-4-3-5-7-14/h6-12,14-15,21H,13,16H2,1-5H3,(H,27,31);3-9,11-12,17H,10,13,21H2,1-2H3/t21-;17-/m00/s1. The molecule has 0 aliphatic carbocycles. The molecule has 2 atom stereocenters. The van der Waals surface area contributed by atoms with E-state index in [2.05, 4.69) is 25.5 Å². The first-order valence-electron chi connectivity index (χ1n) is 19.2. The average molecular weight is 801 g/mol. The molecule has 6 aromatic rings. The molecule has 0 aliphatic rings. The molecule has 0 aliphatic heterocycles. The largest absolute Gasteiger partial charge is 0.481 e. The van der Waals surface area contributed by atoms with Crippen LogP contribution < -0.4 is 20.5 Å². The lowest BCUT2D eigenvalue weighted by atomic mass is 9.99. The van der Waals surface area contributed by atoms with Gasteiger partial charge in [0.2, 0.25) is 11.8 Å². The van der Waals surface area contributed by atoms with Crippen LogP contribution in [0, 0.1) is 0 Å². The van der Waals surface area contributed by atoms with E-state index in [-0.39, 0.29) is 24.4 Å². The second kappa shape index (κ2) is 20.1. The van der Waals surface area contributed by atoms with Crippen LogP contribution in [0.25, 0.3) is 22.5 Å². The molecule has 0 saturated heterocycles. The van der Waals surface area contributed by atoms with E-state index in [0.29, 0.717) is 30.3 Å². The molecule has 14 nitrogen and oxygen atoms in total. The second-order valence-corrected chi connectivity index (χ2v) is 14.9. The smallest absolute Gasteiger partial charge is 0.408 e. The molecule has 14 heteroatoms. The lowest BCUT2D eigenvalue weighted by molar-refractivity contribution is -0.121. The van der Waals surface area contributed by atoms with Crippen LogP contribution in [0.1, 0.15) is 43.3 Å². The molecule has 6 rings (SSSR count). The van der Waals surface area contributed by atoms with E-state index in [0.717, 1.165) is 39.3 Å². The number of alkyl carbamates (subject to hydrolysis) is 1. The summed E-state index contributed by atoms with van der Waals surface area (Å²) in [5.41, 5.74) is 12.2. The first-order chi connectivity index (χ1) is 28.2. The van der Waals surface area contributed by atoms with Gasteiger partial charge in [0, 0.05) is 61.1 Å². The third-order valence-electron chi connectivity index (χ3n) is 9.22. The zero-order valence-corrected chi connectivity index (χ0v) is 34.6. The highest BCUT2D eigenvalue weighted by Crippen LogP contribution is 2.24. The van der Waals surface area contributed by atoms with Crippen LogP contribution in [0.5, 0.6) is 11.8 Å². The van der Waals surface area contributed by atoms with E-state index in [1.165, 1.54) is 0 Å². The molecule has 2 aromatic carbocycles. The van der Waals surface area contributed by atoms with Crippen LogP contribution in [0.3, 0.4) is 0 Å². The van der Waals surface area contributed by atoms with Gasteiger partial charge in [0.25, 0.3) is 0 Å². The van der Waals surface area contributed by atoms with Gasteiger partial charge in [0.05, 0.1) is 50.5 Å². The summed E-state index contributed by atoms with van der Waals surface area (Å²) >= 11 is 0. The molecule has 0 bridgehead atoms. The van der Waals surface area contributed by atoms with E-state index in [9.17, 15) is 14.4 Å². The minimum atomic E-state index is -0.735. The minimum Gasteiger partial charge on any atom is -0.481 e. The Kier molecular flexibility index (Phi) is 14.8. The Hall–Kier alpha value is -6.67. The maximum Gasteiger partial charge on any atom is 0.408 e. The topological polar surface area (TPSA) is 178 Å². The van der Waals surface area contributed by atoms with Gasteiger partial charge in [-0.2, -0.15) is 10.2 Å². The van der Waals surface area contributed by atoms with Crippen molar-refractivity contribution in [2.24, 2.45) is 19.8 Å². The number of benzene rings is 2. The number of hydrogen-bond acceptors (Lipinski definition) is 11. The van der Waals surface area contributed by atoms with E-state index in [1.807, 2.05) is 98.0 Å². The van der Waals surface area contributed by atoms with Crippen LogP contribution in [0.2, 0.25) is 0 Å². The average Bonchev–Trinajstić information content (AvgIpc) is 3.78.